The van der Waals surface area contributed by atoms with Gasteiger partial charge in [0.2, 0.25) is 5.91 Å². The summed E-state index contributed by atoms with van der Waals surface area (Å²) in [7, 11) is 1.44. The number of amides is 1. The van der Waals surface area contributed by atoms with Crippen LogP contribution < -0.4 is 5.32 Å². The average molecular weight is 1200 g/mol. The van der Waals surface area contributed by atoms with E-state index in [2.05, 4.69) is 142 Å². The van der Waals surface area contributed by atoms with Crippen molar-refractivity contribution in [3.05, 3.63) is 134 Å². The van der Waals surface area contributed by atoms with Gasteiger partial charge in [-0.15, -0.1) is 0 Å². The van der Waals surface area contributed by atoms with Crippen LogP contribution >= 0.6 is 7.82 Å². The number of nitrogens with zero attached hydrogens (tertiary/aromatic N) is 1. The molecule has 0 aliphatic carbocycles. The molecule has 9 nitrogen and oxygen atoms in total. The highest BCUT2D eigenvalue weighted by Gasteiger charge is 2.30. The number of carbonyl (C=O) groups is 2. The molecule has 0 rings (SSSR count). The van der Waals surface area contributed by atoms with Gasteiger partial charge in [-0.3, -0.25) is 18.6 Å². The van der Waals surface area contributed by atoms with Crippen molar-refractivity contribution in [3.8, 4) is 0 Å². The van der Waals surface area contributed by atoms with Gasteiger partial charge in [-0.25, -0.2) is 4.57 Å². The molecule has 0 saturated carbocycles. The Hall–Kier alpha value is -3.85. The molecule has 0 fully saturated rings. The van der Waals surface area contributed by atoms with Crippen LogP contribution in [0.2, 0.25) is 0 Å². The molecule has 0 aromatic heterocycles. The Morgan fingerprint density at radius 1 is 0.424 bits per heavy atom. The number of hydrogen-bond acceptors (Lipinski definition) is 6. The van der Waals surface area contributed by atoms with Gasteiger partial charge in [0.1, 0.15) is 19.3 Å². The minimum atomic E-state index is -4.48. The van der Waals surface area contributed by atoms with Gasteiger partial charge in [-0.1, -0.05) is 283 Å². The summed E-state index contributed by atoms with van der Waals surface area (Å²) >= 11 is 0. The van der Waals surface area contributed by atoms with Crippen LogP contribution in [-0.2, 0) is 27.9 Å². The van der Waals surface area contributed by atoms with Crippen LogP contribution in [0.4, 0.5) is 0 Å². The third kappa shape index (κ3) is 64.5. The first kappa shape index (κ1) is 81.2. The third-order valence-corrected chi connectivity index (χ3v) is 15.6. The number of unbranched alkanes of at least 4 members (excludes halogenated alkanes) is 25. The monoisotopic (exact) mass is 1200 g/mol. The molecule has 0 spiro atoms. The number of hydrogen-bond donors (Lipinski definition) is 2. The fourth-order valence-corrected chi connectivity index (χ4v) is 10.0. The third-order valence-electron chi connectivity index (χ3n) is 14.6. The number of likely N-dealkylation sites (N-methyl/N-ethyl adjacent to an activating group) is 1. The second-order valence-corrected chi connectivity index (χ2v) is 25.4. The zero-order valence-electron chi connectivity index (χ0n) is 55.6. The van der Waals surface area contributed by atoms with Crippen LogP contribution in [0.1, 0.15) is 278 Å². The Bertz CT molecular complexity index is 1920. The second-order valence-electron chi connectivity index (χ2n) is 24.0. The van der Waals surface area contributed by atoms with Gasteiger partial charge in [0.15, 0.2) is 0 Å². The maximum Gasteiger partial charge on any atom is 0.472 e. The number of quaternary nitrogens is 1. The Labute approximate surface area is 524 Å². The van der Waals surface area contributed by atoms with E-state index in [9.17, 15) is 19.0 Å². The Morgan fingerprint density at radius 3 is 1.18 bits per heavy atom. The summed E-state index contributed by atoms with van der Waals surface area (Å²) in [6.07, 6.45) is 90.4. The molecular weight excluding hydrogens is 1070 g/mol. The fraction of sp³-hybridized carbons (Fsp3) is 0.680. The van der Waals surface area contributed by atoms with E-state index >= 15 is 0 Å². The Kier molecular flexibility index (Phi) is 60.3. The summed E-state index contributed by atoms with van der Waals surface area (Å²) in [6, 6.07) is -0.891. The molecule has 0 bridgehead atoms. The number of allylic oxidation sites excluding steroid dienone is 21. The Balaban J connectivity index is 5.22. The molecule has 0 heterocycles. The van der Waals surface area contributed by atoms with Crippen molar-refractivity contribution in [2.24, 2.45) is 0 Å². The number of carbonyl (C=O) groups excluding carboxylic acids is 2. The maximum absolute atomic E-state index is 13.6. The average Bonchev–Trinajstić information content (AvgIpc) is 3.50. The predicted molar refractivity (Wildman–Crippen MR) is 369 cm³/mol. The lowest BCUT2D eigenvalue weighted by Gasteiger charge is -2.27. The van der Waals surface area contributed by atoms with Gasteiger partial charge in [-0.05, 0) is 115 Å². The van der Waals surface area contributed by atoms with Gasteiger partial charge in [0.05, 0.1) is 33.8 Å². The van der Waals surface area contributed by atoms with Gasteiger partial charge in [0.25, 0.3) is 0 Å². The number of ether oxygens (including phenoxy) is 1. The number of esters is 1. The number of phosphoric ester groups is 1. The van der Waals surface area contributed by atoms with Crippen molar-refractivity contribution >= 4 is 19.7 Å². The Morgan fingerprint density at radius 2 is 0.765 bits per heavy atom. The standard InChI is InChI=1S/C75H129N2O7P/c1-7-10-13-16-19-22-25-28-30-32-34-35-36-37-38-39-40-41-43-44-46-49-52-55-58-61-64-67-74(78)76-72(71-83-85(80,81)82-70-69-77(4,5)6)73(66-63-60-57-54-51-48-27-24-21-18-15-12-9-3)84-75(79)68-65-62-59-56-53-50-47-45-42-33-31-29-26-23-20-17-14-11-8-2/h11,14,19-20,22-23,28-31,34-35,37-38,42,45,50,53,59,62-63,66,72-73H,7-10,12-13,15-18,21,24-27,32-33,36,39-41,43-44,46-49,51-52,54-58,60-61,64-65,67-71H2,1-6H3,(H-,76,78,80,81)/p+1/b14-11-,22-19-,23-20-,30-28-,31-29-,35-34-,38-37-,45-42-,53-50-,62-59-,66-63-. The summed E-state index contributed by atoms with van der Waals surface area (Å²) in [5, 5.41) is 3.04. The number of rotatable bonds is 61. The van der Waals surface area contributed by atoms with Crippen LogP contribution in [0.25, 0.3) is 0 Å². The topological polar surface area (TPSA) is 111 Å². The molecule has 0 radical (unpaired) electrons. The second kappa shape index (κ2) is 63.2. The van der Waals surface area contributed by atoms with E-state index < -0.39 is 25.9 Å². The summed E-state index contributed by atoms with van der Waals surface area (Å²) in [4.78, 5) is 37.8. The SMILES string of the molecule is CC/C=C\C/C=C\C/C=C\C/C=C\C/C=C\C/C=C\CCC(=O)OC(/C=C\CCCCCCCCCCCCC)C(COP(=O)(O)OCC[N+](C)(C)C)NC(=O)CCCCCCCCCCCCC/C=C\C/C=C\C/C=C\C/C=C\CCCCC. The van der Waals surface area contributed by atoms with Gasteiger partial charge in [0, 0.05) is 12.8 Å². The first-order valence-electron chi connectivity index (χ1n) is 34.5. The molecule has 0 aromatic rings. The molecule has 2 N–H and O–H groups in total. The minimum Gasteiger partial charge on any atom is -0.456 e. The first-order chi connectivity index (χ1) is 41.4. The van der Waals surface area contributed by atoms with E-state index in [0.29, 0.717) is 23.9 Å². The lowest BCUT2D eigenvalue weighted by Crippen LogP contribution is -2.47. The molecule has 0 aromatic carbocycles. The first-order valence-corrected chi connectivity index (χ1v) is 36.0. The molecule has 10 heteroatoms. The zero-order chi connectivity index (χ0) is 62.1. The van der Waals surface area contributed by atoms with Crippen molar-refractivity contribution in [3.63, 3.8) is 0 Å². The summed E-state index contributed by atoms with van der Waals surface area (Å²) in [5.41, 5.74) is 0. The van der Waals surface area contributed by atoms with Crippen LogP contribution in [0.5, 0.6) is 0 Å². The number of phosphoric acid groups is 1. The van der Waals surface area contributed by atoms with Crippen molar-refractivity contribution in [2.75, 3.05) is 40.9 Å². The minimum absolute atomic E-state index is 0.0218. The molecular formula is C75H130N2O7P+. The zero-order valence-corrected chi connectivity index (χ0v) is 56.4. The lowest BCUT2D eigenvalue weighted by atomic mass is 10.0. The molecule has 0 saturated heterocycles. The highest BCUT2D eigenvalue weighted by atomic mass is 31.2. The maximum atomic E-state index is 13.6. The largest absolute Gasteiger partial charge is 0.472 e. The molecule has 486 valence electrons. The quantitative estimate of drug-likeness (QED) is 0.0205. The highest BCUT2D eigenvalue weighted by Crippen LogP contribution is 2.43. The van der Waals surface area contributed by atoms with Gasteiger partial charge >= 0.3 is 13.8 Å². The molecule has 0 aliphatic heterocycles. The molecule has 1 amide bonds. The van der Waals surface area contributed by atoms with Crippen molar-refractivity contribution in [2.45, 2.75) is 290 Å². The highest BCUT2D eigenvalue weighted by molar-refractivity contribution is 7.47. The van der Waals surface area contributed by atoms with Crippen molar-refractivity contribution < 1.29 is 37.3 Å². The fourth-order valence-electron chi connectivity index (χ4n) is 9.30. The van der Waals surface area contributed by atoms with Gasteiger partial charge in [-0.2, -0.15) is 0 Å². The van der Waals surface area contributed by atoms with Crippen LogP contribution in [-0.4, -0.2) is 74.3 Å². The molecule has 0 aliphatic rings. The molecule has 85 heavy (non-hydrogen) atoms. The number of nitrogens with one attached hydrogen (secondary N) is 1. The van der Waals surface area contributed by atoms with Crippen molar-refractivity contribution in [1.82, 2.24) is 5.32 Å². The smallest absolute Gasteiger partial charge is 0.456 e. The van der Waals surface area contributed by atoms with Crippen LogP contribution in [0, 0.1) is 0 Å². The van der Waals surface area contributed by atoms with E-state index in [-0.39, 0.29) is 25.5 Å². The van der Waals surface area contributed by atoms with E-state index in [1.165, 1.54) is 135 Å². The molecule has 3 unspecified atom stereocenters. The van der Waals surface area contributed by atoms with E-state index in [1.807, 2.05) is 39.4 Å². The normalized spacial score (nSPS) is 14.4. The van der Waals surface area contributed by atoms with Gasteiger partial charge < -0.3 is 19.4 Å². The van der Waals surface area contributed by atoms with Crippen molar-refractivity contribution in [1.29, 1.82) is 0 Å². The lowest BCUT2D eigenvalue weighted by molar-refractivity contribution is -0.870. The molecule has 3 atom stereocenters. The van der Waals surface area contributed by atoms with Crippen LogP contribution in [0.3, 0.4) is 0 Å². The van der Waals surface area contributed by atoms with E-state index in [1.54, 1.807) is 0 Å². The summed E-state index contributed by atoms with van der Waals surface area (Å²) in [6.45, 7) is 6.82. The van der Waals surface area contributed by atoms with E-state index in [4.69, 9.17) is 13.8 Å². The summed E-state index contributed by atoms with van der Waals surface area (Å²) < 4.78 is 30.7. The predicted octanol–water partition coefficient (Wildman–Crippen LogP) is 22.0. The summed E-state index contributed by atoms with van der Waals surface area (Å²) in [5.74, 6) is -0.611. The van der Waals surface area contributed by atoms with Crippen LogP contribution in [0.15, 0.2) is 134 Å². The van der Waals surface area contributed by atoms with E-state index in [0.717, 1.165) is 103 Å².